The number of benzene rings is 1. The van der Waals surface area contributed by atoms with E-state index < -0.39 is 64.2 Å². The van der Waals surface area contributed by atoms with E-state index in [-0.39, 0.29) is 0 Å². The molecule has 0 amide bonds. The van der Waals surface area contributed by atoms with Gasteiger partial charge in [0.15, 0.2) is 35.3 Å². The van der Waals surface area contributed by atoms with Crippen molar-refractivity contribution in [2.24, 2.45) is 0 Å². The van der Waals surface area contributed by atoms with E-state index in [0.717, 1.165) is 6.08 Å². The van der Waals surface area contributed by atoms with Gasteiger partial charge >= 0.3 is 0 Å². The summed E-state index contributed by atoms with van der Waals surface area (Å²) in [7, 11) is 0. The van der Waals surface area contributed by atoms with E-state index in [1.807, 2.05) is 0 Å². The molecule has 0 heterocycles. The molecular weight excluding hydrogens is 315 g/mol. The first kappa shape index (κ1) is 15.5. The van der Waals surface area contributed by atoms with Crippen LogP contribution in [0.2, 0.25) is 0 Å². The number of hydrogen-bond donors (Lipinski definition) is 0. The largest absolute Gasteiger partial charge is 0.239 e. The summed E-state index contributed by atoms with van der Waals surface area (Å²) in [6.07, 6.45) is -2.22. The van der Waals surface area contributed by atoms with Gasteiger partial charge in [0.25, 0.3) is 0 Å². The first-order valence-corrected chi connectivity index (χ1v) is 5.18. The number of alkyl halides is 1. The fraction of sp³-hybridized carbons (Fsp3) is 0.167. The molecule has 0 saturated carbocycles. The van der Waals surface area contributed by atoms with Crippen LogP contribution in [0.25, 0.3) is 0 Å². The molecule has 0 aliphatic heterocycles. The van der Waals surface area contributed by atoms with Crippen molar-refractivity contribution >= 4 is 0 Å². The van der Waals surface area contributed by atoms with Crippen molar-refractivity contribution in [3.8, 4) is 0 Å². The van der Waals surface area contributed by atoms with Crippen molar-refractivity contribution in [3.05, 3.63) is 58.2 Å². The minimum atomic E-state index is -3.18. The summed E-state index contributed by atoms with van der Waals surface area (Å²) in [5.41, 5.74) is -2.00. The van der Waals surface area contributed by atoms with Crippen LogP contribution in [0.15, 0.2) is 17.5 Å². The molecule has 2 rings (SSSR count). The molecule has 113 valence electrons. The monoisotopic (exact) mass is 317 g/mol. The number of rotatable bonds is 1. The maximum absolute atomic E-state index is 13.5. The number of hydrogen-bond acceptors (Lipinski definition) is 0. The van der Waals surface area contributed by atoms with Crippen LogP contribution in [0.4, 0.5) is 39.5 Å². The lowest BCUT2D eigenvalue weighted by Gasteiger charge is -2.23. The highest BCUT2D eigenvalue weighted by Crippen LogP contribution is 2.43. The van der Waals surface area contributed by atoms with Gasteiger partial charge < -0.3 is 0 Å². The highest BCUT2D eigenvalue weighted by molar-refractivity contribution is 5.39. The maximum atomic E-state index is 13.5. The van der Waals surface area contributed by atoms with Crippen LogP contribution in [-0.4, -0.2) is 6.17 Å². The molecule has 0 nitrogen and oxygen atoms in total. The van der Waals surface area contributed by atoms with Gasteiger partial charge in [0.2, 0.25) is 5.82 Å². The Balaban J connectivity index is 2.76. The summed E-state index contributed by atoms with van der Waals surface area (Å²) in [6, 6.07) is 0. The molecule has 1 aromatic rings. The van der Waals surface area contributed by atoms with Crippen molar-refractivity contribution in [1.82, 2.24) is 0 Å². The van der Waals surface area contributed by atoms with Crippen LogP contribution in [0.3, 0.4) is 0 Å². The van der Waals surface area contributed by atoms with Gasteiger partial charge in [-0.3, -0.25) is 0 Å². The Kier molecular flexibility index (Phi) is 3.77. The highest BCUT2D eigenvalue weighted by atomic mass is 19.2. The van der Waals surface area contributed by atoms with Crippen molar-refractivity contribution in [1.29, 1.82) is 0 Å². The molecule has 0 N–H and O–H groups in total. The number of halogens is 9. The maximum Gasteiger partial charge on any atom is 0.200 e. The zero-order valence-electron chi connectivity index (χ0n) is 9.56. The highest BCUT2D eigenvalue weighted by Gasteiger charge is 2.42. The minimum Gasteiger partial charge on any atom is -0.239 e. The lowest BCUT2D eigenvalue weighted by atomic mass is 9.87. The summed E-state index contributed by atoms with van der Waals surface area (Å²) in [5.74, 6) is -22.1. The zero-order chi connectivity index (χ0) is 16.1. The molecule has 21 heavy (non-hydrogen) atoms. The summed E-state index contributed by atoms with van der Waals surface area (Å²) in [6.45, 7) is 0. The predicted octanol–water partition coefficient (Wildman–Crippen LogP) is 4.62. The quantitative estimate of drug-likeness (QED) is 0.403. The minimum absolute atomic E-state index is 0.964. The summed E-state index contributed by atoms with van der Waals surface area (Å²) in [4.78, 5) is 0. The second-order valence-electron chi connectivity index (χ2n) is 4.00. The van der Waals surface area contributed by atoms with Crippen molar-refractivity contribution < 1.29 is 39.5 Å². The first-order chi connectivity index (χ1) is 9.68. The molecule has 1 radical (unpaired) electrons. The Morgan fingerprint density at radius 2 is 1.10 bits per heavy atom. The van der Waals surface area contributed by atoms with E-state index in [0.29, 0.717) is 0 Å². The standard InChI is InChI=1S/C12H2F9/c13-2-1-3(14)7(16)4(6(2)15)5-8(17)10(19)12(21)11(20)9(5)18/h4,6H. The number of allylic oxidation sites excluding steroid dienone is 4. The van der Waals surface area contributed by atoms with Gasteiger partial charge in [-0.25, -0.2) is 39.5 Å². The second kappa shape index (κ2) is 5.12. The van der Waals surface area contributed by atoms with Crippen LogP contribution in [0.5, 0.6) is 0 Å². The van der Waals surface area contributed by atoms with Crippen molar-refractivity contribution in [2.75, 3.05) is 0 Å². The molecular formula is C12H2F9. The average molecular weight is 317 g/mol. The molecule has 0 spiro atoms. The Bertz CT molecular complexity index is 645. The van der Waals surface area contributed by atoms with Gasteiger partial charge in [0.1, 0.15) is 11.7 Å². The normalized spacial score (nSPS) is 22.6. The van der Waals surface area contributed by atoms with Gasteiger partial charge in [0.05, 0.1) is 12.0 Å². The summed E-state index contributed by atoms with van der Waals surface area (Å²) >= 11 is 0. The Morgan fingerprint density at radius 3 is 1.57 bits per heavy atom. The molecule has 0 saturated heterocycles. The third-order valence-electron chi connectivity index (χ3n) is 2.80. The lowest BCUT2D eigenvalue weighted by molar-refractivity contribution is 0.249. The van der Waals surface area contributed by atoms with Crippen molar-refractivity contribution in [3.63, 3.8) is 0 Å². The first-order valence-electron chi connectivity index (χ1n) is 5.18. The fourth-order valence-corrected chi connectivity index (χ4v) is 1.81. The van der Waals surface area contributed by atoms with Crippen LogP contribution in [0, 0.1) is 35.2 Å². The van der Waals surface area contributed by atoms with E-state index in [1.165, 1.54) is 0 Å². The van der Waals surface area contributed by atoms with E-state index in [1.54, 1.807) is 0 Å². The van der Waals surface area contributed by atoms with Gasteiger partial charge in [-0.15, -0.1) is 0 Å². The van der Waals surface area contributed by atoms with E-state index in [4.69, 9.17) is 0 Å². The van der Waals surface area contributed by atoms with Crippen LogP contribution >= 0.6 is 0 Å². The second-order valence-corrected chi connectivity index (χ2v) is 4.00. The van der Waals surface area contributed by atoms with Gasteiger partial charge in [0, 0.05) is 5.56 Å². The molecule has 1 aliphatic rings. The lowest BCUT2D eigenvalue weighted by Crippen LogP contribution is -2.24. The van der Waals surface area contributed by atoms with Crippen LogP contribution in [-0.2, 0) is 0 Å². The molecule has 0 bridgehead atoms. The summed E-state index contributed by atoms with van der Waals surface area (Å²) in [5, 5.41) is 0. The third-order valence-corrected chi connectivity index (χ3v) is 2.80. The van der Waals surface area contributed by atoms with E-state index in [2.05, 4.69) is 0 Å². The summed E-state index contributed by atoms with van der Waals surface area (Å²) < 4.78 is 118. The van der Waals surface area contributed by atoms with E-state index in [9.17, 15) is 39.5 Å². The molecule has 1 aliphatic carbocycles. The average Bonchev–Trinajstić information content (AvgIpc) is 2.44. The molecule has 2 atom stereocenters. The SMILES string of the molecule is FC1=[C]C(F)=C(F)C(c2c(F)c(F)c(F)c(F)c2F)C1F. The molecule has 9 heteroatoms. The molecule has 0 aromatic heterocycles. The zero-order valence-corrected chi connectivity index (χ0v) is 9.56. The topological polar surface area (TPSA) is 0 Å². The Labute approximate surface area is 111 Å². The molecule has 0 fully saturated rings. The Hall–Kier alpha value is -1.93. The molecule has 2 unspecified atom stereocenters. The Morgan fingerprint density at radius 1 is 0.667 bits per heavy atom. The van der Waals surface area contributed by atoms with Gasteiger partial charge in [-0.1, -0.05) is 0 Å². The van der Waals surface area contributed by atoms with Gasteiger partial charge in [-0.05, 0) is 0 Å². The predicted molar refractivity (Wildman–Crippen MR) is 51.0 cm³/mol. The molecule has 1 aromatic carbocycles. The van der Waals surface area contributed by atoms with E-state index >= 15 is 0 Å². The fourth-order valence-electron chi connectivity index (χ4n) is 1.81. The third kappa shape index (κ3) is 2.20. The van der Waals surface area contributed by atoms with Gasteiger partial charge in [-0.2, -0.15) is 0 Å². The van der Waals surface area contributed by atoms with Crippen LogP contribution in [0.1, 0.15) is 11.5 Å². The van der Waals surface area contributed by atoms with Crippen molar-refractivity contribution in [2.45, 2.75) is 12.1 Å². The smallest absolute Gasteiger partial charge is 0.200 e. The van der Waals surface area contributed by atoms with Crippen LogP contribution < -0.4 is 0 Å².